The summed E-state index contributed by atoms with van der Waals surface area (Å²) in [5, 5.41) is 33.2. The molecular weight excluding hydrogens is 406 g/mol. The number of aliphatic carboxylic acids is 1. The molecule has 0 bridgehead atoms. The third-order valence-electron chi connectivity index (χ3n) is 9.96. The molecule has 0 aromatic rings. The van der Waals surface area contributed by atoms with E-state index in [9.17, 15) is 19.8 Å². The van der Waals surface area contributed by atoms with Crippen molar-refractivity contribution in [3.05, 3.63) is 0 Å². The lowest BCUT2D eigenvalue weighted by Crippen LogP contribution is -2.58. The zero-order chi connectivity index (χ0) is 26.8. The van der Waals surface area contributed by atoms with Crippen LogP contribution in [-0.2, 0) is 9.59 Å². The predicted molar refractivity (Wildman–Crippen MR) is 122 cm³/mol. The summed E-state index contributed by atoms with van der Waals surface area (Å²) in [6, 6.07) is 0. The predicted octanol–water partition coefficient (Wildman–Crippen LogP) is 3.59. The number of hydrogen-bond donors (Lipinski definition) is 4. The molecule has 4 rings (SSSR count). The van der Waals surface area contributed by atoms with Gasteiger partial charge in [0.05, 0.1) is 12.2 Å². The Morgan fingerprint density at radius 3 is 2.56 bits per heavy atom. The smallest absolute Gasteiger partial charge is 0.322 e. The topological polar surface area (TPSA) is 107 Å². The van der Waals surface area contributed by atoms with Gasteiger partial charge in [0.1, 0.15) is 6.54 Å². The maximum Gasteiger partial charge on any atom is 0.322 e. The van der Waals surface area contributed by atoms with Gasteiger partial charge in [0.25, 0.3) is 0 Å². The Morgan fingerprint density at radius 1 is 1.12 bits per heavy atom. The Kier molecular flexibility index (Phi) is 5.34. The number of nitrogens with one attached hydrogen (secondary N) is 1. The summed E-state index contributed by atoms with van der Waals surface area (Å²) in [6.07, 6.45) is -1.53. The fourth-order valence-electron chi connectivity index (χ4n) is 8.30. The third-order valence-corrected chi connectivity index (χ3v) is 9.96. The molecule has 0 aliphatic heterocycles. The Labute approximate surface area is 198 Å². The number of carboxylic acid groups (broad SMARTS) is 1. The van der Waals surface area contributed by atoms with E-state index in [2.05, 4.69) is 19.2 Å². The summed E-state index contributed by atoms with van der Waals surface area (Å²) >= 11 is 0. The molecule has 0 spiro atoms. The highest BCUT2D eigenvalue weighted by Gasteiger charge is 2.62. The summed E-state index contributed by atoms with van der Waals surface area (Å²) in [5.41, 5.74) is -0.655. The van der Waals surface area contributed by atoms with E-state index < -0.39 is 42.3 Å². The lowest BCUT2D eigenvalue weighted by atomic mass is 9.43. The van der Waals surface area contributed by atoms with E-state index in [0.29, 0.717) is 12.3 Å². The van der Waals surface area contributed by atoms with E-state index in [1.807, 2.05) is 6.92 Å². The molecule has 0 saturated heterocycles. The number of hydrogen-bond acceptors (Lipinski definition) is 4. The van der Waals surface area contributed by atoms with Gasteiger partial charge in [-0.25, -0.2) is 0 Å². The van der Waals surface area contributed by atoms with Crippen molar-refractivity contribution in [1.82, 2.24) is 5.32 Å². The molecule has 6 heteroatoms. The van der Waals surface area contributed by atoms with Gasteiger partial charge in [0.2, 0.25) is 5.91 Å². The second-order valence-electron chi connectivity index (χ2n) is 11.5. The second-order valence-corrected chi connectivity index (χ2v) is 11.5. The number of rotatable bonds is 6. The molecule has 4 saturated carbocycles. The van der Waals surface area contributed by atoms with E-state index in [4.69, 9.17) is 10.6 Å². The first-order chi connectivity index (χ1) is 16.6. The molecule has 0 heterocycles. The van der Waals surface area contributed by atoms with Crippen molar-refractivity contribution in [3.8, 4) is 0 Å². The zero-order valence-electron chi connectivity index (χ0n) is 23.6. The van der Waals surface area contributed by atoms with Crippen molar-refractivity contribution in [3.63, 3.8) is 0 Å². The number of carbonyl (C=O) groups is 2. The highest BCUT2D eigenvalue weighted by atomic mass is 16.4. The van der Waals surface area contributed by atoms with Crippen molar-refractivity contribution in [1.29, 1.82) is 0 Å². The molecule has 32 heavy (non-hydrogen) atoms. The Hall–Kier alpha value is -1.14. The van der Waals surface area contributed by atoms with E-state index in [-0.39, 0.29) is 60.8 Å². The van der Waals surface area contributed by atoms with Crippen molar-refractivity contribution < 1.29 is 30.4 Å². The summed E-state index contributed by atoms with van der Waals surface area (Å²) < 4.78 is 34.2. The van der Waals surface area contributed by atoms with Crippen LogP contribution >= 0.6 is 0 Å². The minimum absolute atomic E-state index is 0.00201. The molecule has 0 radical (unpaired) electrons. The lowest BCUT2D eigenvalue weighted by Gasteiger charge is -2.62. The van der Waals surface area contributed by atoms with Gasteiger partial charge >= 0.3 is 5.97 Å². The molecule has 0 aromatic heterocycles. The zero-order valence-corrected chi connectivity index (χ0v) is 19.6. The Balaban J connectivity index is 1.52. The van der Waals surface area contributed by atoms with Gasteiger partial charge in [-0.15, -0.1) is 0 Å². The first-order valence-corrected chi connectivity index (χ1v) is 12.4. The molecule has 0 aromatic carbocycles. The fraction of sp³-hybridized carbons (Fsp3) is 0.923. The minimum Gasteiger partial charge on any atom is -0.480 e. The SMILES string of the molecule is [2H]C1([2H])C[C@@]2(C)[C@H](C[C@@H](O)[C@@H]3[C@@H]2CC[C@]2(C)[C@@H]([C@H](C)CCC(=O)NCC(=O)O)CC[C@@H]32)C([2H])([2H])[C@@H]1O. The van der Waals surface area contributed by atoms with Gasteiger partial charge in [-0.2, -0.15) is 0 Å². The number of fused-ring (bicyclic) bond motifs is 5. The van der Waals surface area contributed by atoms with Crippen molar-refractivity contribution in [2.45, 2.75) is 97.1 Å². The van der Waals surface area contributed by atoms with Crippen molar-refractivity contribution in [2.75, 3.05) is 6.54 Å². The third kappa shape index (κ3) is 4.11. The lowest BCUT2D eigenvalue weighted by molar-refractivity contribution is -0.174. The molecule has 1 amide bonds. The van der Waals surface area contributed by atoms with Crippen LogP contribution in [0.15, 0.2) is 0 Å². The molecule has 4 aliphatic rings. The monoisotopic (exact) mass is 453 g/mol. The van der Waals surface area contributed by atoms with E-state index in [1.54, 1.807) is 0 Å². The summed E-state index contributed by atoms with van der Waals surface area (Å²) in [6.45, 7) is 6.09. The number of carboxylic acids is 1. The number of aliphatic hydroxyl groups is 2. The Morgan fingerprint density at radius 2 is 1.84 bits per heavy atom. The largest absolute Gasteiger partial charge is 0.480 e. The average Bonchev–Trinajstić information content (AvgIpc) is 3.13. The van der Waals surface area contributed by atoms with Gasteiger partial charge in [-0.3, -0.25) is 9.59 Å². The number of aliphatic hydroxyl groups excluding tert-OH is 2. The van der Waals surface area contributed by atoms with Gasteiger partial charge < -0.3 is 20.6 Å². The minimum atomic E-state index is -2.10. The van der Waals surface area contributed by atoms with Crippen LogP contribution in [0.2, 0.25) is 0 Å². The summed E-state index contributed by atoms with van der Waals surface area (Å²) in [4.78, 5) is 22.8. The highest BCUT2D eigenvalue weighted by Crippen LogP contribution is 2.68. The summed E-state index contributed by atoms with van der Waals surface area (Å²) in [7, 11) is 0. The van der Waals surface area contributed by atoms with Gasteiger partial charge in [-0.1, -0.05) is 20.8 Å². The molecule has 4 N–H and O–H groups in total. The molecule has 10 atom stereocenters. The van der Waals surface area contributed by atoms with Crippen LogP contribution in [0.3, 0.4) is 0 Å². The van der Waals surface area contributed by atoms with Crippen LogP contribution in [-0.4, -0.2) is 45.9 Å². The van der Waals surface area contributed by atoms with Gasteiger partial charge in [0, 0.05) is 11.9 Å². The molecule has 6 nitrogen and oxygen atoms in total. The highest BCUT2D eigenvalue weighted by molar-refractivity contribution is 5.81. The molecule has 4 aliphatic carbocycles. The molecule has 0 unspecified atom stereocenters. The normalized spacial score (nSPS) is 51.5. The fourth-order valence-corrected chi connectivity index (χ4v) is 8.30. The quantitative estimate of drug-likeness (QED) is 0.492. The van der Waals surface area contributed by atoms with Crippen LogP contribution < -0.4 is 5.32 Å². The van der Waals surface area contributed by atoms with Crippen LogP contribution in [0.5, 0.6) is 0 Å². The standard InChI is InChI=1S/C26H43NO5/c1-15(4-7-22(30)27-14-23(31)32)18-5-6-19-24-20(9-11-26(18,19)3)25(2)10-8-17(28)12-16(25)13-21(24)29/h15-21,24,28-29H,4-14H2,1-3H3,(H,27,30)(H,31,32)/t15-,16+,17-,18-,19+,20+,21-,24+,25+,26-/m1/s1/i8D2,12D2. The summed E-state index contributed by atoms with van der Waals surface area (Å²) in [5.74, 6) is -1.04. The van der Waals surface area contributed by atoms with E-state index in [0.717, 1.165) is 25.7 Å². The maximum atomic E-state index is 12.1. The second kappa shape index (κ2) is 8.90. The van der Waals surface area contributed by atoms with Crippen LogP contribution in [0.1, 0.15) is 90.4 Å². The van der Waals surface area contributed by atoms with Crippen molar-refractivity contribution in [2.24, 2.45) is 46.3 Å². The van der Waals surface area contributed by atoms with Crippen LogP contribution in [0.25, 0.3) is 0 Å². The van der Waals surface area contributed by atoms with E-state index >= 15 is 0 Å². The average molecular weight is 454 g/mol. The molecular formula is C26H43NO5. The molecule has 182 valence electrons. The van der Waals surface area contributed by atoms with Gasteiger partial charge in [0.15, 0.2) is 0 Å². The molecule has 4 fully saturated rings. The van der Waals surface area contributed by atoms with Crippen LogP contribution in [0, 0.1) is 46.3 Å². The first-order valence-electron chi connectivity index (χ1n) is 14.4. The maximum absolute atomic E-state index is 12.1. The van der Waals surface area contributed by atoms with E-state index in [1.165, 1.54) is 0 Å². The number of amides is 1. The van der Waals surface area contributed by atoms with Crippen LogP contribution in [0.4, 0.5) is 0 Å². The van der Waals surface area contributed by atoms with Crippen molar-refractivity contribution >= 4 is 11.9 Å². The van der Waals surface area contributed by atoms with Gasteiger partial charge in [-0.05, 0) is 104 Å². The first kappa shape index (κ1) is 19.2. The number of carbonyl (C=O) groups excluding carboxylic acids is 1. The Bertz CT molecular complexity index is 886.